The first-order valence-corrected chi connectivity index (χ1v) is 7.23. The van der Waals surface area contributed by atoms with Crippen LogP contribution in [-0.4, -0.2) is 48.0 Å². The third-order valence-electron chi connectivity index (χ3n) is 3.67. The maximum atomic E-state index is 10.3. The third kappa shape index (κ3) is 3.93. The molecule has 1 N–H and O–H groups in total. The van der Waals surface area contributed by atoms with E-state index < -0.39 is 6.10 Å². The van der Waals surface area contributed by atoms with E-state index in [0.29, 0.717) is 24.1 Å². The van der Waals surface area contributed by atoms with Crippen LogP contribution in [0.4, 0.5) is 0 Å². The molecule has 4 heteroatoms. The molecular formula is C15H22ClNO2. The molecule has 1 heterocycles. The molecule has 1 saturated heterocycles. The minimum absolute atomic E-state index is 0.132. The van der Waals surface area contributed by atoms with Gasteiger partial charge in [-0.1, -0.05) is 29.8 Å². The zero-order chi connectivity index (χ0) is 13.8. The molecule has 0 saturated carbocycles. The van der Waals surface area contributed by atoms with Crippen molar-refractivity contribution in [3.05, 3.63) is 34.9 Å². The number of ether oxygens (including phenoxy) is 1. The van der Waals surface area contributed by atoms with Crippen LogP contribution in [0.1, 0.15) is 19.4 Å². The molecule has 1 aromatic carbocycles. The van der Waals surface area contributed by atoms with Crippen molar-refractivity contribution >= 4 is 11.6 Å². The molecule has 0 radical (unpaired) electrons. The minimum atomic E-state index is -0.513. The van der Waals surface area contributed by atoms with Crippen molar-refractivity contribution in [2.24, 2.45) is 0 Å². The van der Waals surface area contributed by atoms with Gasteiger partial charge in [0.2, 0.25) is 0 Å². The first-order valence-electron chi connectivity index (χ1n) is 6.85. The summed E-state index contributed by atoms with van der Waals surface area (Å²) in [4.78, 5) is 2.34. The Morgan fingerprint density at radius 1 is 1.42 bits per heavy atom. The van der Waals surface area contributed by atoms with E-state index in [1.165, 1.54) is 0 Å². The van der Waals surface area contributed by atoms with Crippen LogP contribution in [-0.2, 0) is 11.2 Å². The Balaban J connectivity index is 1.96. The number of hydrogen-bond donors (Lipinski definition) is 1. The highest BCUT2D eigenvalue weighted by Crippen LogP contribution is 2.20. The topological polar surface area (TPSA) is 32.7 Å². The average molecular weight is 284 g/mol. The van der Waals surface area contributed by atoms with E-state index >= 15 is 0 Å². The highest BCUT2D eigenvalue weighted by Gasteiger charge is 2.28. The number of aliphatic hydroxyl groups excluding tert-OH is 1. The van der Waals surface area contributed by atoms with Crippen LogP contribution in [0.5, 0.6) is 0 Å². The second kappa shape index (κ2) is 6.71. The van der Waals surface area contributed by atoms with E-state index in [1.54, 1.807) is 0 Å². The van der Waals surface area contributed by atoms with Gasteiger partial charge in [0, 0.05) is 30.6 Å². The zero-order valence-corrected chi connectivity index (χ0v) is 12.3. The van der Waals surface area contributed by atoms with Gasteiger partial charge in [0.25, 0.3) is 0 Å². The van der Waals surface area contributed by atoms with Gasteiger partial charge in [-0.15, -0.1) is 0 Å². The highest BCUT2D eigenvalue weighted by atomic mass is 35.5. The largest absolute Gasteiger partial charge is 0.390 e. The summed E-state index contributed by atoms with van der Waals surface area (Å²) in [6, 6.07) is 8.13. The van der Waals surface area contributed by atoms with Crippen molar-refractivity contribution in [3.63, 3.8) is 0 Å². The van der Waals surface area contributed by atoms with Crippen molar-refractivity contribution in [1.29, 1.82) is 0 Å². The summed E-state index contributed by atoms with van der Waals surface area (Å²) >= 11 is 6.12. The molecule has 0 aliphatic carbocycles. The number of aliphatic hydroxyl groups is 1. The van der Waals surface area contributed by atoms with Gasteiger partial charge in [0.1, 0.15) is 0 Å². The van der Waals surface area contributed by atoms with Gasteiger partial charge in [-0.2, -0.15) is 0 Å². The number of halogens is 1. The number of morpholine rings is 1. The van der Waals surface area contributed by atoms with E-state index in [-0.39, 0.29) is 6.10 Å². The third-order valence-corrected chi connectivity index (χ3v) is 4.04. The molecule has 1 fully saturated rings. The van der Waals surface area contributed by atoms with Gasteiger partial charge in [-0.05, 0) is 25.5 Å². The SMILES string of the molecule is CC(C)N1CCOC(C(O)Cc2ccccc2Cl)C1. The van der Waals surface area contributed by atoms with E-state index in [0.717, 1.165) is 18.7 Å². The molecular weight excluding hydrogens is 262 g/mol. The summed E-state index contributed by atoms with van der Waals surface area (Å²) in [5, 5.41) is 11.0. The molecule has 0 amide bonds. The van der Waals surface area contributed by atoms with Gasteiger partial charge in [0.15, 0.2) is 0 Å². The number of rotatable bonds is 4. The van der Waals surface area contributed by atoms with Crippen LogP contribution < -0.4 is 0 Å². The van der Waals surface area contributed by atoms with Crippen LogP contribution in [0.3, 0.4) is 0 Å². The molecule has 19 heavy (non-hydrogen) atoms. The first kappa shape index (κ1) is 14.8. The van der Waals surface area contributed by atoms with Crippen LogP contribution >= 0.6 is 11.6 Å². The molecule has 2 rings (SSSR count). The Bertz CT molecular complexity index is 411. The maximum Gasteiger partial charge on any atom is 0.0964 e. The zero-order valence-electron chi connectivity index (χ0n) is 11.6. The van der Waals surface area contributed by atoms with Crippen LogP contribution in [0.2, 0.25) is 5.02 Å². The van der Waals surface area contributed by atoms with Crippen molar-refractivity contribution < 1.29 is 9.84 Å². The summed E-state index contributed by atoms with van der Waals surface area (Å²) in [7, 11) is 0. The summed E-state index contributed by atoms with van der Waals surface area (Å²) in [5.41, 5.74) is 0.974. The number of benzene rings is 1. The van der Waals surface area contributed by atoms with Crippen molar-refractivity contribution in [2.45, 2.75) is 38.5 Å². The van der Waals surface area contributed by atoms with Crippen molar-refractivity contribution in [3.8, 4) is 0 Å². The lowest BCUT2D eigenvalue weighted by molar-refractivity contribution is -0.0940. The standard InChI is InChI=1S/C15H22ClNO2/c1-11(2)17-7-8-19-15(10-17)14(18)9-12-5-3-4-6-13(12)16/h3-6,11,14-15,18H,7-10H2,1-2H3. The second-order valence-corrected chi connectivity index (χ2v) is 5.77. The maximum absolute atomic E-state index is 10.3. The predicted octanol–water partition coefficient (Wildman–Crippen LogP) is 2.35. The molecule has 106 valence electrons. The predicted molar refractivity (Wildman–Crippen MR) is 77.6 cm³/mol. The van der Waals surface area contributed by atoms with Gasteiger partial charge in [0.05, 0.1) is 18.8 Å². The summed E-state index contributed by atoms with van der Waals surface area (Å²) in [6.45, 7) is 6.74. The lowest BCUT2D eigenvalue weighted by atomic mass is 10.0. The molecule has 1 aliphatic heterocycles. The van der Waals surface area contributed by atoms with Gasteiger partial charge in [-0.3, -0.25) is 4.90 Å². The molecule has 2 atom stereocenters. The molecule has 2 unspecified atom stereocenters. The smallest absolute Gasteiger partial charge is 0.0964 e. The van der Waals surface area contributed by atoms with E-state index in [1.807, 2.05) is 24.3 Å². The number of nitrogens with zero attached hydrogens (tertiary/aromatic N) is 1. The normalized spacial score (nSPS) is 22.7. The Morgan fingerprint density at radius 2 is 2.16 bits per heavy atom. The first-order chi connectivity index (χ1) is 9.08. The molecule has 1 aromatic rings. The Morgan fingerprint density at radius 3 is 2.84 bits per heavy atom. The van der Waals surface area contributed by atoms with E-state index in [2.05, 4.69) is 18.7 Å². The quantitative estimate of drug-likeness (QED) is 0.921. The fourth-order valence-corrected chi connectivity index (χ4v) is 2.63. The lowest BCUT2D eigenvalue weighted by Crippen LogP contribution is -2.50. The van der Waals surface area contributed by atoms with Crippen LogP contribution in [0.15, 0.2) is 24.3 Å². The van der Waals surface area contributed by atoms with Crippen molar-refractivity contribution in [2.75, 3.05) is 19.7 Å². The van der Waals surface area contributed by atoms with Gasteiger partial charge >= 0.3 is 0 Å². The Kier molecular flexibility index (Phi) is 5.22. The molecule has 0 bridgehead atoms. The monoisotopic (exact) mass is 283 g/mol. The summed E-state index contributed by atoms with van der Waals surface area (Å²) in [6.07, 6.45) is -0.107. The summed E-state index contributed by atoms with van der Waals surface area (Å²) < 4.78 is 5.70. The Labute approximate surface area is 120 Å². The van der Waals surface area contributed by atoms with Crippen LogP contribution in [0.25, 0.3) is 0 Å². The summed E-state index contributed by atoms with van der Waals surface area (Å²) in [5.74, 6) is 0. The van der Waals surface area contributed by atoms with Gasteiger partial charge < -0.3 is 9.84 Å². The lowest BCUT2D eigenvalue weighted by Gasteiger charge is -2.37. The van der Waals surface area contributed by atoms with E-state index in [4.69, 9.17) is 16.3 Å². The fourth-order valence-electron chi connectivity index (χ4n) is 2.42. The molecule has 0 aromatic heterocycles. The van der Waals surface area contributed by atoms with E-state index in [9.17, 15) is 5.11 Å². The highest BCUT2D eigenvalue weighted by molar-refractivity contribution is 6.31. The second-order valence-electron chi connectivity index (χ2n) is 5.36. The van der Waals surface area contributed by atoms with Crippen molar-refractivity contribution in [1.82, 2.24) is 4.90 Å². The molecule has 3 nitrogen and oxygen atoms in total. The van der Waals surface area contributed by atoms with Gasteiger partial charge in [-0.25, -0.2) is 0 Å². The number of hydrogen-bond acceptors (Lipinski definition) is 3. The van der Waals surface area contributed by atoms with Crippen LogP contribution in [0, 0.1) is 0 Å². The average Bonchev–Trinajstić information content (AvgIpc) is 2.41. The minimum Gasteiger partial charge on any atom is -0.390 e. The molecule has 1 aliphatic rings. The fraction of sp³-hybridized carbons (Fsp3) is 0.600. The molecule has 0 spiro atoms. The Hall–Kier alpha value is -0.610.